The summed E-state index contributed by atoms with van der Waals surface area (Å²) in [5.74, 6) is 0. The van der Waals surface area contributed by atoms with Crippen LogP contribution in [0.1, 0.15) is 0 Å². The fourth-order valence-corrected chi connectivity index (χ4v) is 3.14. The molecule has 15 heavy (non-hydrogen) atoms. The summed E-state index contributed by atoms with van der Waals surface area (Å²) in [6.45, 7) is 0. The van der Waals surface area contributed by atoms with Crippen LogP contribution in [0.3, 0.4) is 0 Å². The maximum Gasteiger partial charge on any atom is 0.114 e. The summed E-state index contributed by atoms with van der Waals surface area (Å²) in [6.07, 6.45) is 0. The minimum Gasteiger partial charge on any atom is -0.470 e. The van der Waals surface area contributed by atoms with Gasteiger partial charge in [-0.15, -0.1) is 0 Å². The SMILES string of the molecule is O=S(F)[N-]S(=O)(=O)[N-]S(=O)(=O)[N-]S(=O)F. The molecule has 0 aliphatic rings. The van der Waals surface area contributed by atoms with Crippen molar-refractivity contribution >= 4 is 43.2 Å². The Hall–Kier alpha value is -0.0600. The zero-order valence-corrected chi connectivity index (χ0v) is 9.45. The van der Waals surface area contributed by atoms with Crippen molar-refractivity contribution in [2.45, 2.75) is 0 Å². The highest BCUT2D eigenvalue weighted by Gasteiger charge is 1.96. The smallest absolute Gasteiger partial charge is 0.114 e. The van der Waals surface area contributed by atoms with Gasteiger partial charge in [-0.2, -0.15) is 7.77 Å². The Balaban J connectivity index is 4.74. The van der Waals surface area contributed by atoms with E-state index in [0.717, 1.165) is 0 Å². The van der Waals surface area contributed by atoms with Crippen LogP contribution < -0.4 is 0 Å². The molecule has 9 nitrogen and oxygen atoms in total. The van der Waals surface area contributed by atoms with Crippen LogP contribution in [0.15, 0.2) is 0 Å². The molecular formula is F2N3O6S4-3. The van der Waals surface area contributed by atoms with E-state index in [1.165, 1.54) is 0 Å². The van der Waals surface area contributed by atoms with Crippen LogP contribution in [-0.2, 0) is 43.2 Å². The van der Waals surface area contributed by atoms with Gasteiger partial charge in [0, 0.05) is 20.4 Å². The third-order valence-corrected chi connectivity index (χ3v) is 4.45. The van der Waals surface area contributed by atoms with Crippen molar-refractivity contribution in [1.29, 1.82) is 0 Å². The fourth-order valence-electron chi connectivity index (χ4n) is 0.294. The van der Waals surface area contributed by atoms with Crippen molar-refractivity contribution in [3.8, 4) is 0 Å². The molecule has 0 radical (unpaired) electrons. The number of hydrogen-bond donors (Lipinski definition) is 0. The van der Waals surface area contributed by atoms with Gasteiger partial charge < -0.3 is 12.4 Å². The summed E-state index contributed by atoms with van der Waals surface area (Å²) in [6, 6.07) is 0. The molecule has 15 heteroatoms. The molecular weight excluding hydrogens is 304 g/mol. The van der Waals surface area contributed by atoms with Crippen molar-refractivity contribution in [2.24, 2.45) is 0 Å². The highest BCUT2D eigenvalue weighted by Crippen LogP contribution is 2.23. The summed E-state index contributed by atoms with van der Waals surface area (Å²) in [7, 11) is -10.6. The second-order valence-corrected chi connectivity index (χ2v) is 5.94. The molecule has 0 aromatic heterocycles. The first-order chi connectivity index (χ1) is 6.54. The van der Waals surface area contributed by atoms with Gasteiger partial charge in [-0.3, -0.25) is 16.8 Å². The third-order valence-electron chi connectivity index (χ3n) is 0.494. The molecule has 0 aliphatic carbocycles. The van der Waals surface area contributed by atoms with Gasteiger partial charge >= 0.3 is 0 Å². The minimum atomic E-state index is -5.29. The number of halogens is 2. The summed E-state index contributed by atoms with van der Waals surface area (Å²) in [5, 5.41) is 0. The van der Waals surface area contributed by atoms with E-state index in [1.807, 2.05) is 0 Å². The van der Waals surface area contributed by atoms with E-state index >= 15 is 0 Å². The highest BCUT2D eigenvalue weighted by molar-refractivity contribution is 8.22. The van der Waals surface area contributed by atoms with Crippen molar-refractivity contribution in [2.75, 3.05) is 0 Å². The largest absolute Gasteiger partial charge is 0.470 e. The van der Waals surface area contributed by atoms with E-state index < -0.39 is 43.2 Å². The second-order valence-electron chi connectivity index (χ2n) is 1.53. The summed E-state index contributed by atoms with van der Waals surface area (Å²) >= 11 is -7.43. The Labute approximate surface area is 88.8 Å². The van der Waals surface area contributed by atoms with Gasteiger partial charge in [0.25, 0.3) is 0 Å². The van der Waals surface area contributed by atoms with E-state index in [4.69, 9.17) is 0 Å². The van der Waals surface area contributed by atoms with Crippen molar-refractivity contribution in [1.82, 2.24) is 0 Å². The first-order valence-corrected chi connectivity index (χ1v) is 7.21. The van der Waals surface area contributed by atoms with Crippen LogP contribution >= 0.6 is 0 Å². The van der Waals surface area contributed by atoms with Crippen molar-refractivity contribution in [3.63, 3.8) is 0 Å². The Morgan fingerprint density at radius 1 is 0.800 bits per heavy atom. The monoisotopic (exact) mass is 304 g/mol. The summed E-state index contributed by atoms with van der Waals surface area (Å²) < 4.78 is 89.3. The van der Waals surface area contributed by atoms with Gasteiger partial charge in [0.05, 0.1) is 0 Å². The molecule has 92 valence electrons. The van der Waals surface area contributed by atoms with Crippen LogP contribution in [0.25, 0.3) is 12.4 Å². The van der Waals surface area contributed by atoms with Gasteiger partial charge in [0.1, 0.15) is 22.7 Å². The number of nitrogens with zero attached hydrogens (tertiary/aromatic N) is 3. The molecule has 0 spiro atoms. The average molecular weight is 304 g/mol. The number of rotatable bonds is 6. The Kier molecular flexibility index (Phi) is 5.30. The zero-order chi connectivity index (χ0) is 12.3. The summed E-state index contributed by atoms with van der Waals surface area (Å²) in [5.41, 5.74) is 0. The predicted octanol–water partition coefficient (Wildman–Crippen LogP) is -0.306. The van der Waals surface area contributed by atoms with Gasteiger partial charge in [0.2, 0.25) is 0 Å². The van der Waals surface area contributed by atoms with Gasteiger partial charge in [-0.25, -0.2) is 8.42 Å². The molecule has 0 fully saturated rings. The summed E-state index contributed by atoms with van der Waals surface area (Å²) in [4.78, 5) is 0. The normalized spacial score (nSPS) is 17.2. The molecule has 0 amide bonds. The standard InChI is InChI=1S/F2N3O6S4/c1-12(6)3-14(8,9)5-15(10,11)4-13(2)7/q-3. The van der Waals surface area contributed by atoms with E-state index in [9.17, 15) is 33.0 Å². The van der Waals surface area contributed by atoms with Crippen LogP contribution in [0.5, 0.6) is 0 Å². The topological polar surface area (TPSA) is 145 Å². The molecule has 0 heterocycles. The predicted molar refractivity (Wildman–Crippen MR) is 46.4 cm³/mol. The maximum absolute atomic E-state index is 11.5. The van der Waals surface area contributed by atoms with Crippen LogP contribution in [0.4, 0.5) is 7.77 Å². The fraction of sp³-hybridized carbons (Fsp3) is 0. The second kappa shape index (κ2) is 5.32. The van der Waals surface area contributed by atoms with E-state index in [1.54, 1.807) is 12.4 Å². The van der Waals surface area contributed by atoms with Crippen LogP contribution in [-0.4, -0.2) is 25.3 Å². The lowest BCUT2D eigenvalue weighted by molar-refractivity contribution is 0.603. The lowest BCUT2D eigenvalue weighted by Gasteiger charge is -2.32. The van der Waals surface area contributed by atoms with E-state index in [0.29, 0.717) is 0 Å². The third kappa shape index (κ3) is 7.82. The lowest BCUT2D eigenvalue weighted by atomic mass is 13.8. The quantitative estimate of drug-likeness (QED) is 0.615. The molecule has 0 saturated carbocycles. The maximum atomic E-state index is 11.5. The average Bonchev–Trinajstić information content (AvgIpc) is 1.73. The van der Waals surface area contributed by atoms with Crippen molar-refractivity contribution in [3.05, 3.63) is 12.4 Å². The molecule has 0 rings (SSSR count). The van der Waals surface area contributed by atoms with Gasteiger partial charge in [-0.1, -0.05) is 0 Å². The van der Waals surface area contributed by atoms with Gasteiger partial charge in [-0.05, 0) is 0 Å². The molecule has 0 aliphatic heterocycles. The highest BCUT2D eigenvalue weighted by atomic mass is 32.3. The Bertz CT molecular complexity index is 419. The van der Waals surface area contributed by atoms with Gasteiger partial charge in [0.15, 0.2) is 0 Å². The van der Waals surface area contributed by atoms with Crippen molar-refractivity contribution < 1.29 is 33.0 Å². The molecule has 0 bridgehead atoms. The van der Waals surface area contributed by atoms with E-state index in [-0.39, 0.29) is 0 Å². The van der Waals surface area contributed by atoms with Crippen LogP contribution in [0.2, 0.25) is 0 Å². The molecule has 0 N–H and O–H groups in total. The molecule has 2 unspecified atom stereocenters. The zero-order valence-electron chi connectivity index (χ0n) is 6.18. The first-order valence-electron chi connectivity index (χ1n) is 2.40. The number of hydrogen-bond acceptors (Lipinski definition) is 6. The first kappa shape index (κ1) is 14.9. The molecule has 0 aromatic carbocycles. The lowest BCUT2D eigenvalue weighted by Crippen LogP contribution is -2.05. The molecule has 2 atom stereocenters. The molecule has 0 saturated heterocycles. The Morgan fingerprint density at radius 3 is 1.27 bits per heavy atom. The Morgan fingerprint density at radius 2 is 1.07 bits per heavy atom. The molecule has 0 aromatic rings. The minimum absolute atomic E-state index is 1.75. The van der Waals surface area contributed by atoms with Crippen LogP contribution in [0, 0.1) is 0 Å². The van der Waals surface area contributed by atoms with E-state index in [2.05, 4.69) is 0 Å².